The van der Waals surface area contributed by atoms with Gasteiger partial charge in [0.1, 0.15) is 0 Å². The van der Waals surface area contributed by atoms with E-state index < -0.39 is 0 Å². The minimum Gasteiger partial charge on any atom is -0.357 e. The molecule has 0 saturated carbocycles. The SMILES string of the molecule is CCNC(=NCc1cccc(NC(=O)N2CCCC2)c1)N1CCC(C)(C)C1.I. The molecule has 156 valence electrons. The van der Waals surface area contributed by atoms with Gasteiger partial charge in [-0.15, -0.1) is 24.0 Å². The quantitative estimate of drug-likeness (QED) is 0.372. The average molecular weight is 499 g/mol. The summed E-state index contributed by atoms with van der Waals surface area (Å²) < 4.78 is 0. The number of nitrogens with zero attached hydrogens (tertiary/aromatic N) is 3. The maximum absolute atomic E-state index is 12.3. The molecule has 0 spiro atoms. The lowest BCUT2D eigenvalue weighted by molar-refractivity contribution is 0.222. The Morgan fingerprint density at radius 1 is 1.18 bits per heavy atom. The number of amides is 2. The van der Waals surface area contributed by atoms with Crippen molar-refractivity contribution in [1.82, 2.24) is 15.1 Å². The number of hydrogen-bond acceptors (Lipinski definition) is 2. The topological polar surface area (TPSA) is 60.0 Å². The Bertz CT molecular complexity index is 685. The molecule has 0 aromatic heterocycles. The number of anilines is 1. The monoisotopic (exact) mass is 499 g/mol. The maximum Gasteiger partial charge on any atom is 0.321 e. The molecule has 1 aromatic rings. The average Bonchev–Trinajstić information content (AvgIpc) is 3.28. The lowest BCUT2D eigenvalue weighted by Gasteiger charge is -2.23. The third-order valence-corrected chi connectivity index (χ3v) is 5.29. The van der Waals surface area contributed by atoms with Gasteiger partial charge in [-0.25, -0.2) is 9.79 Å². The fourth-order valence-electron chi connectivity index (χ4n) is 3.76. The van der Waals surface area contributed by atoms with Crippen LogP contribution in [0, 0.1) is 5.41 Å². The van der Waals surface area contributed by atoms with Gasteiger partial charge in [-0.1, -0.05) is 26.0 Å². The molecule has 2 saturated heterocycles. The Kier molecular flexibility index (Phi) is 8.39. The Hall–Kier alpha value is -1.51. The van der Waals surface area contributed by atoms with E-state index in [0.29, 0.717) is 12.0 Å². The molecule has 7 heteroatoms. The summed E-state index contributed by atoms with van der Waals surface area (Å²) in [6, 6.07) is 8.01. The van der Waals surface area contributed by atoms with Crippen molar-refractivity contribution in [3.63, 3.8) is 0 Å². The van der Waals surface area contributed by atoms with Crippen molar-refractivity contribution in [3.8, 4) is 0 Å². The summed E-state index contributed by atoms with van der Waals surface area (Å²) in [5.74, 6) is 0.981. The van der Waals surface area contributed by atoms with E-state index in [0.717, 1.165) is 62.8 Å². The van der Waals surface area contributed by atoms with Gasteiger partial charge >= 0.3 is 6.03 Å². The van der Waals surface area contributed by atoms with Crippen molar-refractivity contribution in [3.05, 3.63) is 29.8 Å². The number of urea groups is 1. The zero-order valence-corrected chi connectivity index (χ0v) is 19.7. The Balaban J connectivity index is 0.00000280. The van der Waals surface area contributed by atoms with Crippen LogP contribution in [0.25, 0.3) is 0 Å². The summed E-state index contributed by atoms with van der Waals surface area (Å²) in [4.78, 5) is 21.3. The number of benzene rings is 1. The second-order valence-corrected chi connectivity index (χ2v) is 8.33. The number of guanidine groups is 1. The first-order valence-corrected chi connectivity index (χ1v) is 10.1. The summed E-state index contributed by atoms with van der Waals surface area (Å²) in [6.45, 7) is 12.0. The van der Waals surface area contributed by atoms with Gasteiger partial charge in [0.05, 0.1) is 6.54 Å². The van der Waals surface area contributed by atoms with Gasteiger partial charge in [0, 0.05) is 38.4 Å². The number of aliphatic imine (C=N–C) groups is 1. The predicted molar refractivity (Wildman–Crippen MR) is 126 cm³/mol. The van der Waals surface area contributed by atoms with E-state index in [4.69, 9.17) is 4.99 Å². The second kappa shape index (κ2) is 10.3. The van der Waals surface area contributed by atoms with Crippen molar-refractivity contribution >= 4 is 41.7 Å². The molecule has 2 aliphatic rings. The highest BCUT2D eigenvalue weighted by molar-refractivity contribution is 14.0. The van der Waals surface area contributed by atoms with E-state index in [1.54, 1.807) is 0 Å². The smallest absolute Gasteiger partial charge is 0.321 e. The number of halogens is 1. The highest BCUT2D eigenvalue weighted by atomic mass is 127. The van der Waals surface area contributed by atoms with Gasteiger partial charge in [0.2, 0.25) is 0 Å². The third kappa shape index (κ3) is 6.25. The van der Waals surface area contributed by atoms with Crippen molar-refractivity contribution < 1.29 is 4.79 Å². The van der Waals surface area contributed by atoms with Gasteiger partial charge in [-0.3, -0.25) is 0 Å². The normalized spacial score (nSPS) is 18.8. The summed E-state index contributed by atoms with van der Waals surface area (Å²) in [5, 5.41) is 6.43. The molecule has 3 rings (SSSR count). The van der Waals surface area contributed by atoms with Crippen LogP contribution in [0.4, 0.5) is 10.5 Å². The van der Waals surface area contributed by atoms with Gasteiger partial charge < -0.3 is 20.4 Å². The first kappa shape index (κ1) is 22.8. The van der Waals surface area contributed by atoms with E-state index >= 15 is 0 Å². The van der Waals surface area contributed by atoms with Gasteiger partial charge in [-0.2, -0.15) is 0 Å². The van der Waals surface area contributed by atoms with Crippen LogP contribution in [0.15, 0.2) is 29.3 Å². The van der Waals surface area contributed by atoms with Crippen LogP contribution in [0.1, 0.15) is 45.6 Å². The molecule has 0 unspecified atom stereocenters. The highest BCUT2D eigenvalue weighted by Gasteiger charge is 2.30. The minimum absolute atomic E-state index is 0. The number of rotatable bonds is 4. The number of carbonyl (C=O) groups excluding carboxylic acids is 1. The van der Waals surface area contributed by atoms with Crippen LogP contribution in [0.3, 0.4) is 0 Å². The minimum atomic E-state index is 0. The summed E-state index contributed by atoms with van der Waals surface area (Å²) in [6.07, 6.45) is 3.39. The van der Waals surface area contributed by atoms with Gasteiger partial charge in [0.25, 0.3) is 0 Å². The number of likely N-dealkylation sites (tertiary alicyclic amines) is 2. The van der Waals surface area contributed by atoms with Gasteiger partial charge in [0.15, 0.2) is 5.96 Å². The molecular formula is C21H34IN5O. The molecular weight excluding hydrogens is 465 g/mol. The van der Waals surface area contributed by atoms with E-state index in [1.165, 1.54) is 6.42 Å². The zero-order valence-electron chi connectivity index (χ0n) is 17.3. The molecule has 0 aliphatic carbocycles. The lowest BCUT2D eigenvalue weighted by Crippen LogP contribution is -2.40. The highest BCUT2D eigenvalue weighted by Crippen LogP contribution is 2.28. The molecule has 1 aromatic carbocycles. The largest absolute Gasteiger partial charge is 0.357 e. The molecule has 2 fully saturated rings. The standard InChI is InChI=1S/C21H33N5O.HI/c1-4-22-19(26-13-10-21(2,3)16-26)23-15-17-8-7-9-18(14-17)24-20(27)25-11-5-6-12-25;/h7-9,14H,4-6,10-13,15-16H2,1-3H3,(H,22,23)(H,24,27);1H. The fraction of sp³-hybridized carbons (Fsp3) is 0.619. The summed E-state index contributed by atoms with van der Waals surface area (Å²) in [7, 11) is 0. The zero-order chi connectivity index (χ0) is 19.3. The Morgan fingerprint density at radius 2 is 1.93 bits per heavy atom. The molecule has 2 N–H and O–H groups in total. The molecule has 0 bridgehead atoms. The van der Waals surface area contributed by atoms with Crippen LogP contribution < -0.4 is 10.6 Å². The Labute approximate surface area is 186 Å². The first-order valence-electron chi connectivity index (χ1n) is 10.1. The molecule has 2 amide bonds. The van der Waals surface area contributed by atoms with E-state index in [2.05, 4.69) is 42.4 Å². The van der Waals surface area contributed by atoms with Crippen molar-refractivity contribution in [1.29, 1.82) is 0 Å². The third-order valence-electron chi connectivity index (χ3n) is 5.29. The van der Waals surface area contributed by atoms with Crippen LogP contribution in [-0.4, -0.2) is 54.5 Å². The molecule has 2 aliphatic heterocycles. The lowest BCUT2D eigenvalue weighted by atomic mass is 9.93. The first-order chi connectivity index (χ1) is 13.0. The molecule has 6 nitrogen and oxygen atoms in total. The second-order valence-electron chi connectivity index (χ2n) is 8.33. The van der Waals surface area contributed by atoms with Crippen LogP contribution in [-0.2, 0) is 6.54 Å². The van der Waals surface area contributed by atoms with E-state index in [-0.39, 0.29) is 30.0 Å². The summed E-state index contributed by atoms with van der Waals surface area (Å²) >= 11 is 0. The fourth-order valence-corrected chi connectivity index (χ4v) is 3.76. The van der Waals surface area contributed by atoms with E-state index in [1.807, 2.05) is 23.1 Å². The van der Waals surface area contributed by atoms with Crippen molar-refractivity contribution in [2.24, 2.45) is 10.4 Å². The van der Waals surface area contributed by atoms with Crippen LogP contribution >= 0.6 is 24.0 Å². The van der Waals surface area contributed by atoms with Crippen molar-refractivity contribution in [2.75, 3.05) is 38.0 Å². The molecule has 0 radical (unpaired) electrons. The predicted octanol–water partition coefficient (Wildman–Crippen LogP) is 4.13. The number of hydrogen-bond donors (Lipinski definition) is 2. The molecule has 0 atom stereocenters. The number of nitrogens with one attached hydrogen (secondary N) is 2. The van der Waals surface area contributed by atoms with E-state index in [9.17, 15) is 4.79 Å². The van der Waals surface area contributed by atoms with Crippen LogP contribution in [0.2, 0.25) is 0 Å². The van der Waals surface area contributed by atoms with Crippen molar-refractivity contribution in [2.45, 2.75) is 46.6 Å². The van der Waals surface area contributed by atoms with Crippen LogP contribution in [0.5, 0.6) is 0 Å². The Morgan fingerprint density at radius 3 is 2.57 bits per heavy atom. The molecule has 2 heterocycles. The number of carbonyl (C=O) groups is 1. The van der Waals surface area contributed by atoms with Gasteiger partial charge in [-0.05, 0) is 49.3 Å². The molecule has 28 heavy (non-hydrogen) atoms. The summed E-state index contributed by atoms with van der Waals surface area (Å²) in [5.41, 5.74) is 2.28. The maximum atomic E-state index is 12.3.